The molecule has 2 aliphatic rings. The summed E-state index contributed by atoms with van der Waals surface area (Å²) in [6, 6.07) is 18.0. The molecule has 1 saturated heterocycles. The van der Waals surface area contributed by atoms with E-state index >= 15 is 0 Å². The fourth-order valence-electron chi connectivity index (χ4n) is 3.85. The van der Waals surface area contributed by atoms with Crippen LogP contribution in [0.2, 0.25) is 5.02 Å². The topological polar surface area (TPSA) is 41.3 Å². The monoisotopic (exact) mass is 355 g/mol. The second kappa shape index (κ2) is 7.46. The van der Waals surface area contributed by atoms with Crippen molar-refractivity contribution >= 4 is 11.6 Å². The normalized spacial score (nSPS) is 26.1. The summed E-state index contributed by atoms with van der Waals surface area (Å²) in [4.78, 5) is 2.47. The van der Waals surface area contributed by atoms with Gasteiger partial charge in [0.1, 0.15) is 0 Å². The van der Waals surface area contributed by atoms with E-state index in [-0.39, 0.29) is 0 Å². The third kappa shape index (κ3) is 4.24. The Bertz CT molecular complexity index is 715. The van der Waals surface area contributed by atoms with Gasteiger partial charge in [0.05, 0.1) is 0 Å². The van der Waals surface area contributed by atoms with Gasteiger partial charge in [-0.2, -0.15) is 0 Å². The number of nitrogens with one attached hydrogen (secondary N) is 1. The number of nitrogens with zero attached hydrogens (tertiary/aromatic N) is 1. The SMILES string of the molecule is NC1CCN(CCNC2CC2c2ccc(-c3cccc(Cl)c3)cc2)C1. The van der Waals surface area contributed by atoms with Crippen LogP contribution in [-0.2, 0) is 0 Å². The van der Waals surface area contributed by atoms with Gasteiger partial charge in [0.2, 0.25) is 0 Å². The molecule has 2 aromatic rings. The number of nitrogens with two attached hydrogens (primary N) is 1. The Hall–Kier alpha value is -1.39. The molecule has 0 spiro atoms. The third-order valence-electron chi connectivity index (χ3n) is 5.43. The number of hydrogen-bond donors (Lipinski definition) is 2. The average Bonchev–Trinajstić information content (AvgIpc) is 3.27. The van der Waals surface area contributed by atoms with Crippen molar-refractivity contribution in [3.63, 3.8) is 0 Å². The lowest BCUT2D eigenvalue weighted by Gasteiger charge is -2.15. The quantitative estimate of drug-likeness (QED) is 0.833. The van der Waals surface area contributed by atoms with Crippen molar-refractivity contribution in [3.05, 3.63) is 59.1 Å². The molecule has 3 atom stereocenters. The fourth-order valence-corrected chi connectivity index (χ4v) is 4.04. The summed E-state index contributed by atoms with van der Waals surface area (Å²) in [5.74, 6) is 0.661. The van der Waals surface area contributed by atoms with Crippen LogP contribution in [0.15, 0.2) is 48.5 Å². The molecule has 3 nitrogen and oxygen atoms in total. The van der Waals surface area contributed by atoms with Gasteiger partial charge in [-0.1, -0.05) is 48.0 Å². The molecule has 0 aromatic heterocycles. The van der Waals surface area contributed by atoms with Crippen LogP contribution in [0, 0.1) is 0 Å². The number of rotatable bonds is 6. The van der Waals surface area contributed by atoms with Gasteiger partial charge in [-0.15, -0.1) is 0 Å². The van der Waals surface area contributed by atoms with Gasteiger partial charge in [-0.05, 0) is 48.2 Å². The summed E-state index contributed by atoms with van der Waals surface area (Å²) in [5.41, 5.74) is 9.79. The van der Waals surface area contributed by atoms with Crippen molar-refractivity contribution in [2.24, 2.45) is 5.73 Å². The average molecular weight is 356 g/mol. The number of halogens is 1. The summed E-state index contributed by atoms with van der Waals surface area (Å²) < 4.78 is 0. The first kappa shape index (κ1) is 17.0. The summed E-state index contributed by atoms with van der Waals surface area (Å²) in [7, 11) is 0. The van der Waals surface area contributed by atoms with Crippen LogP contribution >= 0.6 is 11.6 Å². The molecule has 4 heteroatoms. The van der Waals surface area contributed by atoms with E-state index in [2.05, 4.69) is 40.5 Å². The van der Waals surface area contributed by atoms with Crippen molar-refractivity contribution in [3.8, 4) is 11.1 Å². The van der Waals surface area contributed by atoms with Crippen LogP contribution in [0.5, 0.6) is 0 Å². The minimum absolute atomic E-state index is 0.381. The van der Waals surface area contributed by atoms with E-state index in [0.29, 0.717) is 18.0 Å². The molecule has 0 bridgehead atoms. The molecule has 1 aliphatic carbocycles. The van der Waals surface area contributed by atoms with Crippen LogP contribution in [0.3, 0.4) is 0 Å². The van der Waals surface area contributed by atoms with Crippen molar-refractivity contribution < 1.29 is 0 Å². The largest absolute Gasteiger partial charge is 0.326 e. The predicted octanol–water partition coefficient (Wildman–Crippen LogP) is 3.49. The minimum atomic E-state index is 0.381. The smallest absolute Gasteiger partial charge is 0.0412 e. The Kier molecular flexibility index (Phi) is 5.09. The van der Waals surface area contributed by atoms with E-state index in [1.54, 1.807) is 0 Å². The van der Waals surface area contributed by atoms with E-state index in [9.17, 15) is 0 Å². The van der Waals surface area contributed by atoms with Crippen molar-refractivity contribution in [2.45, 2.75) is 30.8 Å². The van der Waals surface area contributed by atoms with Crippen molar-refractivity contribution in [1.29, 1.82) is 0 Å². The number of benzene rings is 2. The van der Waals surface area contributed by atoms with Gasteiger partial charge in [0.25, 0.3) is 0 Å². The predicted molar refractivity (Wildman–Crippen MR) is 105 cm³/mol. The number of likely N-dealkylation sites (tertiary alicyclic amines) is 1. The maximum absolute atomic E-state index is 6.09. The summed E-state index contributed by atoms with van der Waals surface area (Å²) >= 11 is 6.09. The van der Waals surface area contributed by atoms with E-state index in [1.165, 1.54) is 23.1 Å². The summed E-state index contributed by atoms with van der Waals surface area (Å²) in [6.07, 6.45) is 2.39. The van der Waals surface area contributed by atoms with Crippen molar-refractivity contribution in [2.75, 3.05) is 26.2 Å². The Morgan fingerprint density at radius 1 is 1.12 bits per heavy atom. The fraction of sp³-hybridized carbons (Fsp3) is 0.429. The Balaban J connectivity index is 1.27. The number of hydrogen-bond acceptors (Lipinski definition) is 3. The highest BCUT2D eigenvalue weighted by Crippen LogP contribution is 2.41. The zero-order valence-corrected chi connectivity index (χ0v) is 15.3. The summed E-state index contributed by atoms with van der Waals surface area (Å²) in [6.45, 7) is 4.39. The molecule has 0 amide bonds. The van der Waals surface area contributed by atoms with E-state index in [4.69, 9.17) is 17.3 Å². The second-order valence-corrected chi connectivity index (χ2v) is 7.82. The molecule has 3 N–H and O–H groups in total. The standard InChI is InChI=1S/C21H26ClN3/c22-18-3-1-2-17(12-18)15-4-6-16(7-5-15)20-13-21(20)24-9-11-25-10-8-19(23)14-25/h1-7,12,19-21,24H,8-11,13-14,23H2. The van der Waals surface area contributed by atoms with Crippen molar-refractivity contribution in [1.82, 2.24) is 10.2 Å². The van der Waals surface area contributed by atoms with Gasteiger partial charge >= 0.3 is 0 Å². The van der Waals surface area contributed by atoms with E-state index in [0.717, 1.165) is 37.6 Å². The molecular formula is C21H26ClN3. The lowest BCUT2D eigenvalue weighted by molar-refractivity contribution is 0.331. The highest BCUT2D eigenvalue weighted by atomic mass is 35.5. The zero-order chi connectivity index (χ0) is 17.2. The molecular weight excluding hydrogens is 330 g/mol. The highest BCUT2D eigenvalue weighted by Gasteiger charge is 2.37. The zero-order valence-electron chi connectivity index (χ0n) is 14.5. The van der Waals surface area contributed by atoms with Gasteiger partial charge in [0.15, 0.2) is 0 Å². The molecule has 132 valence electrons. The van der Waals surface area contributed by atoms with Crippen LogP contribution in [-0.4, -0.2) is 43.2 Å². The van der Waals surface area contributed by atoms with Gasteiger partial charge in [-0.3, -0.25) is 0 Å². The Morgan fingerprint density at radius 2 is 1.96 bits per heavy atom. The molecule has 25 heavy (non-hydrogen) atoms. The van der Waals surface area contributed by atoms with Gasteiger partial charge in [0, 0.05) is 42.7 Å². The lowest BCUT2D eigenvalue weighted by atomic mass is 10.0. The molecule has 0 radical (unpaired) electrons. The molecule has 2 aromatic carbocycles. The first-order valence-corrected chi connectivity index (χ1v) is 9.64. The second-order valence-electron chi connectivity index (χ2n) is 7.38. The van der Waals surface area contributed by atoms with E-state index < -0.39 is 0 Å². The van der Waals surface area contributed by atoms with Crippen LogP contribution in [0.1, 0.15) is 24.3 Å². The molecule has 3 unspecified atom stereocenters. The molecule has 1 heterocycles. The first-order chi connectivity index (χ1) is 12.2. The molecule has 1 aliphatic heterocycles. The van der Waals surface area contributed by atoms with Gasteiger partial charge in [-0.25, -0.2) is 0 Å². The molecule has 1 saturated carbocycles. The maximum atomic E-state index is 6.09. The maximum Gasteiger partial charge on any atom is 0.0412 e. The highest BCUT2D eigenvalue weighted by molar-refractivity contribution is 6.30. The molecule has 2 fully saturated rings. The first-order valence-electron chi connectivity index (χ1n) is 9.26. The minimum Gasteiger partial charge on any atom is -0.326 e. The third-order valence-corrected chi connectivity index (χ3v) is 5.67. The summed E-state index contributed by atoms with van der Waals surface area (Å²) in [5, 5.41) is 4.48. The lowest BCUT2D eigenvalue weighted by Crippen LogP contribution is -2.33. The van der Waals surface area contributed by atoms with Gasteiger partial charge < -0.3 is 16.0 Å². The van der Waals surface area contributed by atoms with Crippen LogP contribution < -0.4 is 11.1 Å². The Labute approximate surface area is 155 Å². The van der Waals surface area contributed by atoms with E-state index in [1.807, 2.05) is 18.2 Å². The van der Waals surface area contributed by atoms with Crippen LogP contribution in [0.25, 0.3) is 11.1 Å². The Morgan fingerprint density at radius 3 is 2.68 bits per heavy atom. The molecule has 4 rings (SSSR count). The van der Waals surface area contributed by atoms with Crippen LogP contribution in [0.4, 0.5) is 0 Å².